The molecule has 0 radical (unpaired) electrons. The number of hydrogen-bond acceptors (Lipinski definition) is 3. The largest absolute Gasteiger partial charge is 0.494 e. The lowest BCUT2D eigenvalue weighted by Crippen LogP contribution is -2.13. The predicted octanol–water partition coefficient (Wildman–Crippen LogP) is 3.42. The van der Waals surface area contributed by atoms with Crippen LogP contribution in [0.2, 0.25) is 0 Å². The SMILES string of the molecule is CC[C@H](N)c1ccc(OCCC(C)(C)C#N)cc1. The summed E-state index contributed by atoms with van der Waals surface area (Å²) in [6.07, 6.45) is 1.65. The molecule has 1 aromatic carbocycles. The molecule has 1 aromatic rings. The van der Waals surface area contributed by atoms with E-state index in [4.69, 9.17) is 15.7 Å². The quantitative estimate of drug-likeness (QED) is 0.836. The predicted molar refractivity (Wildman–Crippen MR) is 73.2 cm³/mol. The zero-order valence-electron chi connectivity index (χ0n) is 11.4. The van der Waals surface area contributed by atoms with Gasteiger partial charge in [0.1, 0.15) is 5.75 Å². The van der Waals surface area contributed by atoms with Crippen LogP contribution in [0.3, 0.4) is 0 Å². The highest BCUT2D eigenvalue weighted by molar-refractivity contribution is 5.28. The minimum absolute atomic E-state index is 0.0940. The van der Waals surface area contributed by atoms with Crippen molar-refractivity contribution in [1.29, 1.82) is 5.26 Å². The average Bonchev–Trinajstić information content (AvgIpc) is 2.38. The molecule has 98 valence electrons. The minimum Gasteiger partial charge on any atom is -0.494 e. The Morgan fingerprint density at radius 3 is 2.44 bits per heavy atom. The molecule has 3 heteroatoms. The van der Waals surface area contributed by atoms with Crippen LogP contribution in [0.1, 0.15) is 45.2 Å². The molecule has 0 bridgehead atoms. The van der Waals surface area contributed by atoms with Crippen LogP contribution in [-0.4, -0.2) is 6.61 Å². The summed E-state index contributed by atoms with van der Waals surface area (Å²) in [5, 5.41) is 8.90. The fourth-order valence-corrected chi connectivity index (χ4v) is 1.53. The van der Waals surface area contributed by atoms with E-state index in [-0.39, 0.29) is 11.5 Å². The molecule has 0 aliphatic carbocycles. The van der Waals surface area contributed by atoms with E-state index in [9.17, 15) is 0 Å². The second-order valence-corrected chi connectivity index (χ2v) is 5.18. The van der Waals surface area contributed by atoms with Crippen molar-refractivity contribution in [3.8, 4) is 11.8 Å². The van der Waals surface area contributed by atoms with Gasteiger partial charge in [-0.05, 0) is 44.4 Å². The average molecular weight is 246 g/mol. The molecule has 0 aromatic heterocycles. The van der Waals surface area contributed by atoms with Gasteiger partial charge in [-0.15, -0.1) is 0 Å². The van der Waals surface area contributed by atoms with Crippen molar-refractivity contribution in [2.75, 3.05) is 6.61 Å². The second kappa shape index (κ2) is 6.42. The summed E-state index contributed by atoms with van der Waals surface area (Å²) < 4.78 is 5.62. The molecule has 2 N–H and O–H groups in total. The van der Waals surface area contributed by atoms with Crippen molar-refractivity contribution >= 4 is 0 Å². The summed E-state index contributed by atoms with van der Waals surface area (Å²) in [5.41, 5.74) is 6.74. The van der Waals surface area contributed by atoms with Crippen LogP contribution in [0.4, 0.5) is 0 Å². The van der Waals surface area contributed by atoms with Crippen molar-refractivity contribution in [2.45, 2.75) is 39.7 Å². The molecule has 0 heterocycles. The highest BCUT2D eigenvalue weighted by Crippen LogP contribution is 2.21. The van der Waals surface area contributed by atoms with E-state index in [1.807, 2.05) is 38.1 Å². The first-order valence-corrected chi connectivity index (χ1v) is 6.38. The minimum atomic E-state index is -0.329. The highest BCUT2D eigenvalue weighted by atomic mass is 16.5. The van der Waals surface area contributed by atoms with E-state index >= 15 is 0 Å². The maximum Gasteiger partial charge on any atom is 0.119 e. The van der Waals surface area contributed by atoms with Crippen LogP contribution >= 0.6 is 0 Å². The van der Waals surface area contributed by atoms with Crippen LogP contribution in [0.15, 0.2) is 24.3 Å². The summed E-state index contributed by atoms with van der Waals surface area (Å²) in [6.45, 7) is 6.46. The summed E-state index contributed by atoms with van der Waals surface area (Å²) in [5.74, 6) is 0.829. The van der Waals surface area contributed by atoms with Crippen LogP contribution in [0, 0.1) is 16.7 Å². The Kier molecular flexibility index (Phi) is 5.18. The lowest BCUT2D eigenvalue weighted by atomic mass is 9.92. The molecule has 0 spiro atoms. The van der Waals surface area contributed by atoms with Crippen LogP contribution < -0.4 is 10.5 Å². The zero-order valence-corrected chi connectivity index (χ0v) is 11.4. The highest BCUT2D eigenvalue weighted by Gasteiger charge is 2.16. The summed E-state index contributed by atoms with van der Waals surface area (Å²) in [6, 6.07) is 10.2. The molecular weight excluding hydrogens is 224 g/mol. The summed E-state index contributed by atoms with van der Waals surface area (Å²) >= 11 is 0. The third kappa shape index (κ3) is 4.38. The Morgan fingerprint density at radius 2 is 1.94 bits per heavy atom. The maximum atomic E-state index is 8.90. The van der Waals surface area contributed by atoms with Gasteiger partial charge in [0.05, 0.1) is 18.1 Å². The number of nitrogens with two attached hydrogens (primary N) is 1. The summed E-state index contributed by atoms with van der Waals surface area (Å²) in [7, 11) is 0. The maximum absolute atomic E-state index is 8.90. The standard InChI is InChI=1S/C15H22N2O/c1-4-14(17)12-5-7-13(8-6-12)18-10-9-15(2,3)11-16/h5-8,14H,4,9-10,17H2,1-3H3/t14-/m0/s1. The first kappa shape index (κ1) is 14.5. The van der Waals surface area contributed by atoms with Gasteiger partial charge in [-0.3, -0.25) is 0 Å². The first-order valence-electron chi connectivity index (χ1n) is 6.38. The van der Waals surface area contributed by atoms with Gasteiger partial charge in [0.2, 0.25) is 0 Å². The molecular formula is C15H22N2O. The van der Waals surface area contributed by atoms with Crippen molar-refractivity contribution < 1.29 is 4.74 Å². The Hall–Kier alpha value is -1.53. The molecule has 3 nitrogen and oxygen atoms in total. The first-order chi connectivity index (χ1) is 8.48. The number of benzene rings is 1. The topological polar surface area (TPSA) is 59.0 Å². The molecule has 0 aliphatic heterocycles. The molecule has 0 aliphatic rings. The van der Waals surface area contributed by atoms with Gasteiger partial charge in [0.15, 0.2) is 0 Å². The lowest BCUT2D eigenvalue weighted by molar-refractivity contribution is 0.264. The Balaban J connectivity index is 2.48. The van der Waals surface area contributed by atoms with E-state index in [0.717, 1.165) is 24.2 Å². The molecule has 0 unspecified atom stereocenters. The molecule has 0 fully saturated rings. The van der Waals surface area contributed by atoms with E-state index in [0.29, 0.717) is 6.61 Å². The smallest absolute Gasteiger partial charge is 0.119 e. The normalized spacial score (nSPS) is 12.8. The zero-order chi connectivity index (χ0) is 13.6. The van der Waals surface area contributed by atoms with Gasteiger partial charge < -0.3 is 10.5 Å². The number of hydrogen-bond donors (Lipinski definition) is 1. The molecule has 0 saturated carbocycles. The van der Waals surface area contributed by atoms with Crippen molar-refractivity contribution in [1.82, 2.24) is 0 Å². The molecule has 0 saturated heterocycles. The third-order valence-electron chi connectivity index (χ3n) is 3.05. The van der Waals surface area contributed by atoms with E-state index in [2.05, 4.69) is 13.0 Å². The van der Waals surface area contributed by atoms with Crippen molar-refractivity contribution in [2.24, 2.45) is 11.1 Å². The number of nitrogens with zero attached hydrogens (tertiary/aromatic N) is 1. The van der Waals surface area contributed by atoms with Gasteiger partial charge in [0, 0.05) is 6.04 Å². The molecule has 1 rings (SSSR count). The van der Waals surface area contributed by atoms with Crippen molar-refractivity contribution in [3.63, 3.8) is 0 Å². The third-order valence-corrected chi connectivity index (χ3v) is 3.05. The van der Waals surface area contributed by atoms with Crippen LogP contribution in [0.25, 0.3) is 0 Å². The molecule has 0 amide bonds. The van der Waals surface area contributed by atoms with Crippen LogP contribution in [0.5, 0.6) is 5.75 Å². The monoisotopic (exact) mass is 246 g/mol. The molecule has 18 heavy (non-hydrogen) atoms. The number of nitriles is 1. The van der Waals surface area contributed by atoms with Gasteiger partial charge in [-0.1, -0.05) is 19.1 Å². The Morgan fingerprint density at radius 1 is 1.33 bits per heavy atom. The fraction of sp³-hybridized carbons (Fsp3) is 0.533. The molecule has 1 atom stereocenters. The summed E-state index contributed by atoms with van der Waals surface area (Å²) in [4.78, 5) is 0. The van der Waals surface area contributed by atoms with E-state index in [1.54, 1.807) is 0 Å². The Bertz CT molecular complexity index is 403. The van der Waals surface area contributed by atoms with Gasteiger partial charge in [0.25, 0.3) is 0 Å². The second-order valence-electron chi connectivity index (χ2n) is 5.18. The number of rotatable bonds is 6. The number of ether oxygens (including phenoxy) is 1. The van der Waals surface area contributed by atoms with E-state index < -0.39 is 0 Å². The fourth-order valence-electron chi connectivity index (χ4n) is 1.53. The van der Waals surface area contributed by atoms with E-state index in [1.165, 1.54) is 0 Å². The van der Waals surface area contributed by atoms with Gasteiger partial charge in [-0.25, -0.2) is 0 Å². The van der Waals surface area contributed by atoms with Gasteiger partial charge >= 0.3 is 0 Å². The van der Waals surface area contributed by atoms with Crippen LogP contribution in [-0.2, 0) is 0 Å². The van der Waals surface area contributed by atoms with Crippen molar-refractivity contribution in [3.05, 3.63) is 29.8 Å². The Labute approximate surface area is 110 Å². The lowest BCUT2D eigenvalue weighted by Gasteiger charge is -2.15. The van der Waals surface area contributed by atoms with Gasteiger partial charge in [-0.2, -0.15) is 5.26 Å².